The van der Waals surface area contributed by atoms with E-state index in [1.54, 1.807) is 0 Å². The summed E-state index contributed by atoms with van der Waals surface area (Å²) in [4.78, 5) is 2.90. The fraction of sp³-hybridized carbons (Fsp3) is 0.538. The maximum Gasteiger partial charge on any atom is 0.0238 e. The zero-order valence-electron chi connectivity index (χ0n) is 9.95. The molecule has 1 heterocycles. The normalized spacial score (nSPS) is 20.2. The van der Waals surface area contributed by atoms with Crippen LogP contribution in [-0.4, -0.2) is 25.1 Å². The first-order valence-corrected chi connectivity index (χ1v) is 8.23. The Bertz CT molecular complexity index is 346. The van der Waals surface area contributed by atoms with Gasteiger partial charge in [-0.2, -0.15) is 0 Å². The summed E-state index contributed by atoms with van der Waals surface area (Å²) in [7, 11) is 0. The molecule has 1 saturated heterocycles. The molecule has 1 aromatic rings. The van der Waals surface area contributed by atoms with Gasteiger partial charge in [-0.3, -0.25) is 0 Å². The molecule has 1 fully saturated rings. The van der Waals surface area contributed by atoms with E-state index in [0.717, 1.165) is 0 Å². The van der Waals surface area contributed by atoms with E-state index < -0.39 is 0 Å². The van der Waals surface area contributed by atoms with E-state index in [9.17, 15) is 0 Å². The van der Waals surface area contributed by atoms with E-state index in [4.69, 9.17) is 0 Å². The highest BCUT2D eigenvalue weighted by molar-refractivity contribution is 8.01. The molecule has 2 rings (SSSR count). The van der Waals surface area contributed by atoms with Crippen molar-refractivity contribution in [2.75, 3.05) is 19.1 Å². The van der Waals surface area contributed by atoms with Gasteiger partial charge in [0.25, 0.3) is 0 Å². The molecule has 1 unspecified atom stereocenters. The van der Waals surface area contributed by atoms with E-state index in [-0.39, 0.29) is 0 Å². The van der Waals surface area contributed by atoms with Gasteiger partial charge in [0.05, 0.1) is 0 Å². The van der Waals surface area contributed by atoms with Gasteiger partial charge in [0.2, 0.25) is 0 Å². The van der Waals surface area contributed by atoms with Crippen molar-refractivity contribution in [1.82, 2.24) is 5.32 Å². The fourth-order valence-electron chi connectivity index (χ4n) is 2.31. The molecule has 88 valence electrons. The fourth-order valence-corrected chi connectivity index (χ4v) is 4.02. The highest BCUT2D eigenvalue weighted by Gasteiger charge is 2.16. The second-order valence-corrected chi connectivity index (χ2v) is 5.81. The molecule has 0 aliphatic carbocycles. The molecule has 1 nitrogen and oxygen atoms in total. The van der Waals surface area contributed by atoms with Crippen LogP contribution in [0.5, 0.6) is 0 Å². The lowest BCUT2D eigenvalue weighted by molar-refractivity contribution is 0.597. The Balaban J connectivity index is 2.18. The predicted octanol–water partition coefficient (Wildman–Crippen LogP) is 3.42. The lowest BCUT2D eigenvalue weighted by Crippen LogP contribution is -2.23. The molecule has 0 radical (unpaired) electrons. The van der Waals surface area contributed by atoms with Crippen LogP contribution in [0.15, 0.2) is 28.0 Å². The Morgan fingerprint density at radius 1 is 1.31 bits per heavy atom. The van der Waals surface area contributed by atoms with Crippen LogP contribution >= 0.6 is 23.5 Å². The maximum atomic E-state index is 3.58. The first-order valence-electron chi connectivity index (χ1n) is 5.78. The van der Waals surface area contributed by atoms with Gasteiger partial charge in [0.1, 0.15) is 0 Å². The van der Waals surface area contributed by atoms with Crippen molar-refractivity contribution in [2.24, 2.45) is 0 Å². The number of thioether (sulfide) groups is 2. The van der Waals surface area contributed by atoms with Crippen molar-refractivity contribution in [3.8, 4) is 0 Å². The van der Waals surface area contributed by atoms with Crippen molar-refractivity contribution in [3.63, 3.8) is 0 Å². The summed E-state index contributed by atoms with van der Waals surface area (Å²) in [6.45, 7) is 1.20. The molecule has 0 amide bonds. The minimum absolute atomic E-state index is 0.697. The van der Waals surface area contributed by atoms with Crippen molar-refractivity contribution in [3.05, 3.63) is 23.8 Å². The second kappa shape index (κ2) is 5.99. The van der Waals surface area contributed by atoms with E-state index in [0.29, 0.717) is 6.04 Å². The maximum absolute atomic E-state index is 3.58. The van der Waals surface area contributed by atoms with Crippen LogP contribution in [0.3, 0.4) is 0 Å². The second-order valence-electron chi connectivity index (χ2n) is 4.15. The van der Waals surface area contributed by atoms with Gasteiger partial charge >= 0.3 is 0 Å². The average Bonchev–Trinajstić information content (AvgIpc) is 2.81. The molecule has 16 heavy (non-hydrogen) atoms. The molecular formula is C13H19NS2. The van der Waals surface area contributed by atoms with Crippen molar-refractivity contribution in [1.29, 1.82) is 0 Å². The molecule has 3 heteroatoms. The van der Waals surface area contributed by atoms with Gasteiger partial charge in [0.15, 0.2) is 0 Å². The standard InChI is InChI=1S/C13H19NS2/c1-15-12-7-3-5-10(13(12)16-2)9-11-6-4-8-14-11/h3,5,7,11,14H,4,6,8-9H2,1-2H3. The van der Waals surface area contributed by atoms with Crippen molar-refractivity contribution < 1.29 is 0 Å². The number of rotatable bonds is 4. The van der Waals surface area contributed by atoms with Crippen LogP contribution in [0.1, 0.15) is 18.4 Å². The van der Waals surface area contributed by atoms with Crippen molar-refractivity contribution >= 4 is 23.5 Å². The Labute approximate surface area is 107 Å². The van der Waals surface area contributed by atoms with Crippen LogP contribution in [0, 0.1) is 0 Å². The summed E-state index contributed by atoms with van der Waals surface area (Å²) >= 11 is 3.73. The molecule has 1 aliphatic rings. The topological polar surface area (TPSA) is 12.0 Å². The summed E-state index contributed by atoms with van der Waals surface area (Å²) in [5, 5.41) is 3.58. The minimum Gasteiger partial charge on any atom is -0.314 e. The number of hydrogen-bond donors (Lipinski definition) is 1. The van der Waals surface area contributed by atoms with Crippen molar-refractivity contribution in [2.45, 2.75) is 35.1 Å². The number of nitrogens with one attached hydrogen (secondary N) is 1. The van der Waals surface area contributed by atoms with Crippen LogP contribution in [0.25, 0.3) is 0 Å². The summed E-state index contributed by atoms with van der Waals surface area (Å²) in [5.41, 5.74) is 1.51. The Hall–Kier alpha value is -0.120. The Morgan fingerprint density at radius 2 is 2.19 bits per heavy atom. The molecule has 1 aromatic carbocycles. The van der Waals surface area contributed by atoms with Crippen LogP contribution in [0.2, 0.25) is 0 Å². The first-order chi connectivity index (χ1) is 7.85. The molecule has 0 saturated carbocycles. The Morgan fingerprint density at radius 3 is 2.81 bits per heavy atom. The summed E-state index contributed by atoms with van der Waals surface area (Å²) in [5.74, 6) is 0. The van der Waals surface area contributed by atoms with Gasteiger partial charge < -0.3 is 5.32 Å². The SMILES string of the molecule is CSc1cccc(CC2CCCN2)c1SC. The molecule has 1 N–H and O–H groups in total. The number of hydrogen-bond acceptors (Lipinski definition) is 3. The molecular weight excluding hydrogens is 234 g/mol. The number of benzene rings is 1. The third-order valence-electron chi connectivity index (χ3n) is 3.11. The minimum atomic E-state index is 0.697. The third-order valence-corrected chi connectivity index (χ3v) is 4.91. The Kier molecular flexibility index (Phi) is 4.62. The van der Waals surface area contributed by atoms with Gasteiger partial charge in [-0.05, 0) is 49.9 Å². The quantitative estimate of drug-likeness (QED) is 0.826. The largest absolute Gasteiger partial charge is 0.314 e. The summed E-state index contributed by atoms with van der Waals surface area (Å²) in [6, 6.07) is 7.40. The van der Waals surface area contributed by atoms with Gasteiger partial charge in [-0.15, -0.1) is 23.5 Å². The average molecular weight is 253 g/mol. The van der Waals surface area contributed by atoms with Crippen LogP contribution in [0.4, 0.5) is 0 Å². The van der Waals surface area contributed by atoms with Gasteiger partial charge in [0, 0.05) is 15.8 Å². The van der Waals surface area contributed by atoms with E-state index in [2.05, 4.69) is 36.0 Å². The van der Waals surface area contributed by atoms with Gasteiger partial charge in [-0.25, -0.2) is 0 Å². The predicted molar refractivity (Wildman–Crippen MR) is 74.7 cm³/mol. The molecule has 0 spiro atoms. The third kappa shape index (κ3) is 2.76. The molecule has 0 aromatic heterocycles. The monoisotopic (exact) mass is 253 g/mol. The zero-order valence-corrected chi connectivity index (χ0v) is 11.6. The molecule has 1 atom stereocenters. The van der Waals surface area contributed by atoms with Crippen LogP contribution in [-0.2, 0) is 6.42 Å². The van der Waals surface area contributed by atoms with E-state index in [1.165, 1.54) is 41.2 Å². The first kappa shape index (κ1) is 12.3. The van der Waals surface area contributed by atoms with Gasteiger partial charge in [-0.1, -0.05) is 12.1 Å². The highest BCUT2D eigenvalue weighted by atomic mass is 32.2. The molecule has 1 aliphatic heterocycles. The molecule has 0 bridgehead atoms. The highest BCUT2D eigenvalue weighted by Crippen LogP contribution is 2.32. The lowest BCUT2D eigenvalue weighted by Gasteiger charge is -2.15. The van der Waals surface area contributed by atoms with E-state index in [1.807, 2.05) is 23.5 Å². The summed E-state index contributed by atoms with van der Waals surface area (Å²) < 4.78 is 0. The van der Waals surface area contributed by atoms with Crippen LogP contribution < -0.4 is 5.32 Å². The summed E-state index contributed by atoms with van der Waals surface area (Å²) in [6.07, 6.45) is 8.19. The lowest BCUT2D eigenvalue weighted by atomic mass is 10.0. The van der Waals surface area contributed by atoms with E-state index >= 15 is 0 Å². The smallest absolute Gasteiger partial charge is 0.0238 e. The zero-order chi connectivity index (χ0) is 11.4.